The first-order valence-electron chi connectivity index (χ1n) is 5.67. The van der Waals surface area contributed by atoms with Gasteiger partial charge in [0.2, 0.25) is 0 Å². The Hall–Kier alpha value is -0.657. The molecule has 0 saturated heterocycles. The molecule has 0 amide bonds. The molecule has 0 saturated carbocycles. The van der Waals surface area contributed by atoms with Gasteiger partial charge in [0.05, 0.1) is 6.61 Å². The minimum absolute atomic E-state index is 0.609. The van der Waals surface area contributed by atoms with Gasteiger partial charge in [-0.25, -0.2) is 0 Å². The van der Waals surface area contributed by atoms with Crippen LogP contribution in [0.15, 0.2) is 42.5 Å². The Labute approximate surface area is 126 Å². The molecule has 0 aromatic heterocycles. The first-order valence-corrected chi connectivity index (χ1v) is 12.6. The van der Waals surface area contributed by atoms with Crippen molar-refractivity contribution in [2.24, 2.45) is 0 Å². The predicted octanol–water partition coefficient (Wildman–Crippen LogP) is 4.53. The summed E-state index contributed by atoms with van der Waals surface area (Å²) in [6, 6.07) is 17.1. The van der Waals surface area contributed by atoms with Crippen molar-refractivity contribution in [2.45, 2.75) is 20.5 Å². The Morgan fingerprint density at radius 2 is 1.61 bits per heavy atom. The van der Waals surface area contributed by atoms with E-state index in [2.05, 4.69) is 51.7 Å². The van der Waals surface area contributed by atoms with Gasteiger partial charge in [0.15, 0.2) is 0 Å². The van der Waals surface area contributed by atoms with Gasteiger partial charge >= 0.3 is 30.0 Å². The fourth-order valence-corrected chi connectivity index (χ4v) is 1.70. The molecule has 0 N–H and O–H groups in total. The van der Waals surface area contributed by atoms with E-state index in [0.717, 1.165) is 11.3 Å². The second-order valence-corrected chi connectivity index (χ2v) is 4.02. The summed E-state index contributed by atoms with van der Waals surface area (Å²) in [6.45, 7) is 4.77. The molecule has 2 aromatic rings. The molecule has 0 spiro atoms. The van der Waals surface area contributed by atoms with Gasteiger partial charge in [-0.15, -0.1) is 5.56 Å². The van der Waals surface area contributed by atoms with Gasteiger partial charge in [0.1, 0.15) is 5.75 Å². The molecule has 90 valence electrons. The summed E-state index contributed by atoms with van der Waals surface area (Å²) in [4.78, 5) is 0. The maximum absolute atomic E-state index is 5.74. The molecule has 1 nitrogen and oxygen atoms in total. The summed E-state index contributed by atoms with van der Waals surface area (Å²) in [6.07, 6.45) is 0. The minimum atomic E-state index is 0.609. The summed E-state index contributed by atoms with van der Waals surface area (Å²) in [5, 5.41) is 0. The van der Waals surface area contributed by atoms with E-state index in [0.29, 0.717) is 6.61 Å². The van der Waals surface area contributed by atoms with Crippen molar-refractivity contribution in [2.75, 3.05) is 0 Å². The van der Waals surface area contributed by atoms with Crippen LogP contribution in [0.1, 0.15) is 16.7 Å². The SMILES string of the molecule is Cc1cc(C)cc(OCc2cc[c-]cc2)c1.[Zn+][Br]. The van der Waals surface area contributed by atoms with Gasteiger partial charge in [-0.1, -0.05) is 6.07 Å². The van der Waals surface area contributed by atoms with Crippen molar-refractivity contribution in [3.8, 4) is 5.75 Å². The zero-order valence-corrected chi connectivity index (χ0v) is 15.3. The van der Waals surface area contributed by atoms with E-state index < -0.39 is 0 Å². The van der Waals surface area contributed by atoms with Gasteiger partial charge in [-0.05, 0) is 37.1 Å². The fraction of sp³-hybridized carbons (Fsp3) is 0.200. The number of benzene rings is 2. The molecule has 0 unspecified atom stereocenters. The van der Waals surface area contributed by atoms with Gasteiger partial charge in [-0.3, -0.25) is 0 Å². The van der Waals surface area contributed by atoms with E-state index >= 15 is 0 Å². The topological polar surface area (TPSA) is 9.23 Å². The Balaban J connectivity index is 0.000000771. The molecule has 2 aromatic carbocycles. The van der Waals surface area contributed by atoms with Gasteiger partial charge in [0.25, 0.3) is 0 Å². The molecule has 0 radical (unpaired) electrons. The predicted molar refractivity (Wildman–Crippen MR) is 74.5 cm³/mol. The van der Waals surface area contributed by atoms with E-state index in [1.807, 2.05) is 24.3 Å². The van der Waals surface area contributed by atoms with Crippen molar-refractivity contribution in [1.82, 2.24) is 0 Å². The van der Waals surface area contributed by atoms with E-state index in [1.54, 1.807) is 0 Å². The molecular formula is C15H15BrOZn. The summed E-state index contributed by atoms with van der Waals surface area (Å²) in [5.74, 6) is 0.935. The number of hydrogen-bond donors (Lipinski definition) is 0. The summed E-state index contributed by atoms with van der Waals surface area (Å²) >= 11 is 4.25. The third-order valence-corrected chi connectivity index (χ3v) is 2.39. The monoisotopic (exact) mass is 354 g/mol. The van der Waals surface area contributed by atoms with Crippen LogP contribution in [0.3, 0.4) is 0 Å². The first-order chi connectivity index (χ1) is 8.74. The Morgan fingerprint density at radius 3 is 2.17 bits per heavy atom. The molecular weight excluding hydrogens is 341 g/mol. The third kappa shape index (κ3) is 5.33. The first kappa shape index (κ1) is 15.4. The van der Waals surface area contributed by atoms with Crippen molar-refractivity contribution in [3.63, 3.8) is 0 Å². The average molecular weight is 357 g/mol. The Morgan fingerprint density at radius 1 is 1.06 bits per heavy atom. The molecule has 0 fully saturated rings. The fourth-order valence-electron chi connectivity index (χ4n) is 1.70. The molecule has 0 aliphatic carbocycles. The average Bonchev–Trinajstić information content (AvgIpc) is 2.39. The van der Waals surface area contributed by atoms with E-state index in [4.69, 9.17) is 4.74 Å². The van der Waals surface area contributed by atoms with Crippen LogP contribution in [0.5, 0.6) is 5.75 Å². The van der Waals surface area contributed by atoms with Gasteiger partial charge < -0.3 is 4.74 Å². The standard InChI is InChI=1S/C15H15O.BrH.Zn/c1-12-8-13(2)10-15(9-12)16-11-14-6-4-3-5-7-14;;/h4-10H,11H2,1-2H3;1H;/q-1;;+2/p-1. The molecule has 0 aliphatic rings. The molecule has 0 heterocycles. The van der Waals surface area contributed by atoms with Crippen molar-refractivity contribution in [1.29, 1.82) is 0 Å². The van der Waals surface area contributed by atoms with Crippen LogP contribution in [-0.4, -0.2) is 0 Å². The molecule has 3 heteroatoms. The molecule has 0 aliphatic heterocycles. The normalized spacial score (nSPS) is 9.39. The van der Waals surface area contributed by atoms with Crippen LogP contribution >= 0.6 is 13.6 Å². The van der Waals surface area contributed by atoms with Crippen molar-refractivity contribution >= 4 is 13.6 Å². The quantitative estimate of drug-likeness (QED) is 0.580. The maximum atomic E-state index is 5.74. The summed E-state index contributed by atoms with van der Waals surface area (Å²) < 4.78 is 5.74. The van der Waals surface area contributed by atoms with E-state index in [-0.39, 0.29) is 0 Å². The number of aryl methyl sites for hydroxylation is 2. The van der Waals surface area contributed by atoms with Crippen LogP contribution in [0.4, 0.5) is 0 Å². The van der Waals surface area contributed by atoms with Crippen LogP contribution < -0.4 is 4.74 Å². The van der Waals surface area contributed by atoms with E-state index in [9.17, 15) is 0 Å². The van der Waals surface area contributed by atoms with Crippen LogP contribution in [0.25, 0.3) is 0 Å². The van der Waals surface area contributed by atoms with Crippen molar-refractivity contribution in [3.05, 3.63) is 65.2 Å². The number of rotatable bonds is 3. The number of hydrogen-bond acceptors (Lipinski definition) is 1. The zero-order valence-electron chi connectivity index (χ0n) is 10.7. The van der Waals surface area contributed by atoms with Crippen molar-refractivity contribution < 1.29 is 21.1 Å². The Bertz CT molecular complexity index is 451. The second-order valence-electron chi connectivity index (χ2n) is 4.02. The summed E-state index contributed by atoms with van der Waals surface area (Å²) in [5.41, 5.74) is 3.63. The number of halogens is 1. The summed E-state index contributed by atoms with van der Waals surface area (Å²) in [7, 11) is 0. The molecule has 0 bridgehead atoms. The molecule has 2 rings (SSSR count). The van der Waals surface area contributed by atoms with Crippen LogP contribution in [0, 0.1) is 19.9 Å². The van der Waals surface area contributed by atoms with Crippen LogP contribution in [0.2, 0.25) is 0 Å². The zero-order chi connectivity index (χ0) is 13.4. The molecule has 18 heavy (non-hydrogen) atoms. The molecule has 0 atom stereocenters. The van der Waals surface area contributed by atoms with Gasteiger partial charge in [0, 0.05) is 0 Å². The Kier molecular flexibility index (Phi) is 7.23. The number of ether oxygens (including phenoxy) is 1. The van der Waals surface area contributed by atoms with Gasteiger partial charge in [-0.2, -0.15) is 30.3 Å². The second kappa shape index (κ2) is 8.45. The third-order valence-electron chi connectivity index (χ3n) is 2.39. The van der Waals surface area contributed by atoms with Crippen LogP contribution in [-0.2, 0) is 22.9 Å². The van der Waals surface area contributed by atoms with E-state index in [1.165, 1.54) is 27.5 Å².